The summed E-state index contributed by atoms with van der Waals surface area (Å²) in [5.41, 5.74) is -1.79. The lowest BCUT2D eigenvalue weighted by atomic mass is 9.74. The third-order valence-electron chi connectivity index (χ3n) is 3.38. The number of rotatable bonds is 7. The van der Waals surface area contributed by atoms with E-state index in [0.29, 0.717) is 6.42 Å². The molecule has 0 saturated heterocycles. The van der Waals surface area contributed by atoms with Crippen LogP contribution in [0.4, 0.5) is 0 Å². The van der Waals surface area contributed by atoms with E-state index < -0.39 is 16.9 Å². The van der Waals surface area contributed by atoms with E-state index in [1.165, 1.54) is 0 Å². The van der Waals surface area contributed by atoms with Gasteiger partial charge in [-0.25, -0.2) is 0 Å². The predicted octanol–water partition coefficient (Wildman–Crippen LogP) is 0.992. The fourth-order valence-corrected chi connectivity index (χ4v) is 1.26. The van der Waals surface area contributed by atoms with Crippen LogP contribution in [0, 0.1) is 5.41 Å². The standard InChI is InChI=1S/C12H24N2O3/c1-11(2,10(16)17)12(3,4)14-9(15)7-6-8-13-5/h13H,6-8H2,1-5H3,(H,14,15)(H,16,17). The molecular formula is C12H24N2O3. The van der Waals surface area contributed by atoms with Gasteiger partial charge in [0.2, 0.25) is 5.91 Å². The summed E-state index contributed by atoms with van der Waals surface area (Å²) in [6, 6.07) is 0. The number of carbonyl (C=O) groups excluding carboxylic acids is 1. The van der Waals surface area contributed by atoms with Crippen molar-refractivity contribution in [1.29, 1.82) is 0 Å². The highest BCUT2D eigenvalue weighted by molar-refractivity contribution is 5.80. The van der Waals surface area contributed by atoms with E-state index in [2.05, 4.69) is 10.6 Å². The van der Waals surface area contributed by atoms with Crippen molar-refractivity contribution in [3.05, 3.63) is 0 Å². The fourth-order valence-electron chi connectivity index (χ4n) is 1.26. The van der Waals surface area contributed by atoms with Crippen molar-refractivity contribution < 1.29 is 14.7 Å². The smallest absolute Gasteiger partial charge is 0.311 e. The molecule has 17 heavy (non-hydrogen) atoms. The molecule has 5 heteroatoms. The normalized spacial score (nSPS) is 12.3. The van der Waals surface area contributed by atoms with Gasteiger partial charge in [0, 0.05) is 12.0 Å². The largest absolute Gasteiger partial charge is 0.481 e. The highest BCUT2D eigenvalue weighted by atomic mass is 16.4. The maximum Gasteiger partial charge on any atom is 0.311 e. The van der Waals surface area contributed by atoms with Crippen molar-refractivity contribution in [1.82, 2.24) is 10.6 Å². The predicted molar refractivity (Wildman–Crippen MR) is 66.8 cm³/mol. The van der Waals surface area contributed by atoms with Gasteiger partial charge in [-0.15, -0.1) is 0 Å². The van der Waals surface area contributed by atoms with E-state index in [0.717, 1.165) is 13.0 Å². The number of carbonyl (C=O) groups is 2. The van der Waals surface area contributed by atoms with Crippen molar-refractivity contribution in [2.75, 3.05) is 13.6 Å². The number of nitrogens with one attached hydrogen (secondary N) is 2. The van der Waals surface area contributed by atoms with Crippen LogP contribution in [-0.4, -0.2) is 36.1 Å². The van der Waals surface area contributed by atoms with Crippen LogP contribution >= 0.6 is 0 Å². The van der Waals surface area contributed by atoms with Crippen LogP contribution in [0.2, 0.25) is 0 Å². The van der Waals surface area contributed by atoms with E-state index in [-0.39, 0.29) is 5.91 Å². The van der Waals surface area contributed by atoms with E-state index >= 15 is 0 Å². The van der Waals surface area contributed by atoms with Gasteiger partial charge in [-0.3, -0.25) is 9.59 Å². The van der Waals surface area contributed by atoms with Crippen molar-refractivity contribution in [3.8, 4) is 0 Å². The summed E-state index contributed by atoms with van der Waals surface area (Å²) in [5, 5.41) is 14.9. The van der Waals surface area contributed by atoms with Crippen molar-refractivity contribution in [2.45, 2.75) is 46.1 Å². The Labute approximate surface area is 103 Å². The van der Waals surface area contributed by atoms with Crippen molar-refractivity contribution >= 4 is 11.9 Å². The van der Waals surface area contributed by atoms with Crippen LogP contribution in [0.1, 0.15) is 40.5 Å². The first-order valence-corrected chi connectivity index (χ1v) is 5.84. The van der Waals surface area contributed by atoms with Gasteiger partial charge >= 0.3 is 5.97 Å². The molecule has 0 rings (SSSR count). The van der Waals surface area contributed by atoms with Crippen LogP contribution in [0.5, 0.6) is 0 Å². The summed E-state index contributed by atoms with van der Waals surface area (Å²) >= 11 is 0. The van der Waals surface area contributed by atoms with E-state index in [1.54, 1.807) is 27.7 Å². The lowest BCUT2D eigenvalue weighted by Crippen LogP contribution is -2.56. The molecule has 0 unspecified atom stereocenters. The Morgan fingerprint density at radius 1 is 1.18 bits per heavy atom. The second-order valence-electron chi connectivity index (χ2n) is 5.31. The minimum atomic E-state index is -1.01. The molecule has 0 atom stereocenters. The minimum absolute atomic E-state index is 0.112. The van der Waals surface area contributed by atoms with Gasteiger partial charge in [0.25, 0.3) is 0 Å². The third kappa shape index (κ3) is 4.34. The van der Waals surface area contributed by atoms with Gasteiger partial charge in [-0.1, -0.05) is 0 Å². The fraction of sp³-hybridized carbons (Fsp3) is 0.833. The highest BCUT2D eigenvalue weighted by Crippen LogP contribution is 2.30. The first-order chi connectivity index (χ1) is 7.65. The molecule has 3 N–H and O–H groups in total. The molecule has 0 radical (unpaired) electrons. The Bertz CT molecular complexity index is 285. The number of hydrogen-bond donors (Lipinski definition) is 3. The van der Waals surface area contributed by atoms with Crippen LogP contribution in [0.25, 0.3) is 0 Å². The molecule has 0 saturated carbocycles. The molecule has 5 nitrogen and oxygen atoms in total. The summed E-state index contributed by atoms with van der Waals surface area (Å²) < 4.78 is 0. The Morgan fingerprint density at radius 2 is 1.71 bits per heavy atom. The average molecular weight is 244 g/mol. The van der Waals surface area contributed by atoms with Gasteiger partial charge in [0.05, 0.1) is 5.41 Å². The summed E-state index contributed by atoms with van der Waals surface area (Å²) in [6.45, 7) is 7.47. The molecule has 0 aliphatic carbocycles. The molecule has 100 valence electrons. The molecule has 0 aromatic heterocycles. The quantitative estimate of drug-likeness (QED) is 0.584. The number of hydrogen-bond acceptors (Lipinski definition) is 3. The second-order valence-corrected chi connectivity index (χ2v) is 5.31. The molecule has 0 aliphatic heterocycles. The maximum absolute atomic E-state index is 11.7. The SMILES string of the molecule is CNCCCC(=O)NC(C)(C)C(C)(C)C(=O)O. The number of amides is 1. The van der Waals surface area contributed by atoms with Crippen LogP contribution in [0.3, 0.4) is 0 Å². The van der Waals surface area contributed by atoms with Gasteiger partial charge < -0.3 is 15.7 Å². The van der Waals surface area contributed by atoms with E-state index in [4.69, 9.17) is 5.11 Å². The van der Waals surface area contributed by atoms with Gasteiger partial charge in [0.15, 0.2) is 0 Å². The van der Waals surface area contributed by atoms with Crippen molar-refractivity contribution in [3.63, 3.8) is 0 Å². The van der Waals surface area contributed by atoms with Gasteiger partial charge in [-0.2, -0.15) is 0 Å². The number of aliphatic carboxylic acids is 1. The lowest BCUT2D eigenvalue weighted by Gasteiger charge is -2.38. The summed E-state index contributed by atoms with van der Waals surface area (Å²) in [4.78, 5) is 22.8. The van der Waals surface area contributed by atoms with E-state index in [1.807, 2.05) is 7.05 Å². The van der Waals surface area contributed by atoms with Gasteiger partial charge in [-0.05, 0) is 47.7 Å². The molecule has 0 fully saturated rings. The lowest BCUT2D eigenvalue weighted by molar-refractivity contribution is -0.151. The number of carboxylic acids is 1. The Kier molecular flexibility index (Phi) is 5.61. The molecule has 0 aliphatic rings. The Hall–Kier alpha value is -1.10. The van der Waals surface area contributed by atoms with Crippen LogP contribution in [-0.2, 0) is 9.59 Å². The molecule has 1 amide bonds. The molecule has 0 spiro atoms. The summed E-state index contributed by atoms with van der Waals surface area (Å²) in [6.07, 6.45) is 1.14. The zero-order valence-corrected chi connectivity index (χ0v) is 11.4. The highest BCUT2D eigenvalue weighted by Gasteiger charge is 2.44. The summed E-state index contributed by atoms with van der Waals surface area (Å²) in [7, 11) is 1.83. The van der Waals surface area contributed by atoms with Gasteiger partial charge in [0.1, 0.15) is 0 Å². The topological polar surface area (TPSA) is 78.4 Å². The third-order valence-corrected chi connectivity index (χ3v) is 3.38. The Morgan fingerprint density at radius 3 is 2.12 bits per heavy atom. The van der Waals surface area contributed by atoms with Crippen molar-refractivity contribution in [2.24, 2.45) is 5.41 Å². The van der Waals surface area contributed by atoms with Crippen LogP contribution < -0.4 is 10.6 Å². The maximum atomic E-state index is 11.7. The Balaban J connectivity index is 4.44. The number of carboxylic acid groups (broad SMARTS) is 1. The van der Waals surface area contributed by atoms with E-state index in [9.17, 15) is 9.59 Å². The average Bonchev–Trinajstić information content (AvgIpc) is 2.16. The zero-order valence-electron chi connectivity index (χ0n) is 11.4. The zero-order chi connectivity index (χ0) is 13.7. The van der Waals surface area contributed by atoms with Crippen LogP contribution in [0.15, 0.2) is 0 Å². The summed E-state index contributed by atoms with van der Waals surface area (Å²) in [5.74, 6) is -1.03. The first-order valence-electron chi connectivity index (χ1n) is 5.84. The molecular weight excluding hydrogens is 220 g/mol. The second kappa shape index (κ2) is 6.00. The minimum Gasteiger partial charge on any atom is -0.481 e. The molecule has 0 aromatic carbocycles. The molecule has 0 bridgehead atoms. The first kappa shape index (κ1) is 15.9. The molecule has 0 heterocycles. The monoisotopic (exact) mass is 244 g/mol. The molecule has 0 aromatic rings.